The molecule has 86 valence electrons. The van der Waals surface area contributed by atoms with Crippen LogP contribution in [0.5, 0.6) is 0 Å². The number of hydrogen-bond acceptors (Lipinski definition) is 4. The fourth-order valence-electron chi connectivity index (χ4n) is 1.65. The van der Waals surface area contributed by atoms with Crippen molar-refractivity contribution < 1.29 is 5.11 Å². The summed E-state index contributed by atoms with van der Waals surface area (Å²) in [6, 6.07) is 1.69. The molecule has 0 spiro atoms. The zero-order chi connectivity index (χ0) is 11.5. The first-order chi connectivity index (χ1) is 7.66. The summed E-state index contributed by atoms with van der Waals surface area (Å²) in [6.45, 7) is 0. The van der Waals surface area contributed by atoms with Crippen LogP contribution >= 0.6 is 11.3 Å². The molecule has 0 bridgehead atoms. The Kier molecular flexibility index (Phi) is 3.38. The topological polar surface area (TPSA) is 64.1 Å². The maximum atomic E-state index is 9.96. The molecule has 3 N–H and O–H groups in total. The van der Waals surface area contributed by atoms with Gasteiger partial charge in [0.15, 0.2) is 0 Å². The van der Waals surface area contributed by atoms with Gasteiger partial charge in [-0.1, -0.05) is 0 Å². The Morgan fingerprint density at radius 3 is 3.00 bits per heavy atom. The van der Waals surface area contributed by atoms with E-state index in [-0.39, 0.29) is 6.04 Å². The van der Waals surface area contributed by atoms with Crippen LogP contribution in [0.2, 0.25) is 0 Å². The van der Waals surface area contributed by atoms with Gasteiger partial charge in [0, 0.05) is 30.9 Å². The van der Waals surface area contributed by atoms with Crippen LogP contribution in [0.1, 0.15) is 17.4 Å². The second kappa shape index (κ2) is 4.78. The minimum Gasteiger partial charge on any atom is -0.385 e. The first kappa shape index (κ1) is 11.3. The number of hydrogen-bond donors (Lipinski definition) is 2. The highest BCUT2D eigenvalue weighted by atomic mass is 32.1. The minimum absolute atomic E-state index is 0.315. The maximum Gasteiger partial charge on any atom is 0.112 e. The molecule has 0 saturated carbocycles. The molecule has 0 amide bonds. The monoisotopic (exact) mass is 237 g/mol. The third kappa shape index (κ3) is 2.49. The van der Waals surface area contributed by atoms with Gasteiger partial charge in [-0.3, -0.25) is 0 Å². The number of rotatable bonds is 4. The Morgan fingerprint density at radius 2 is 2.44 bits per heavy atom. The van der Waals surface area contributed by atoms with Crippen LogP contribution in [0.15, 0.2) is 29.4 Å². The van der Waals surface area contributed by atoms with E-state index in [1.54, 1.807) is 5.51 Å². The van der Waals surface area contributed by atoms with Gasteiger partial charge in [-0.2, -0.15) is 0 Å². The summed E-state index contributed by atoms with van der Waals surface area (Å²) in [7, 11) is 1.96. The largest absolute Gasteiger partial charge is 0.385 e. The number of aliphatic hydroxyl groups excluding tert-OH is 1. The number of aromatic nitrogens is 2. The molecule has 2 rings (SSSR count). The Balaban J connectivity index is 2.00. The Hall–Kier alpha value is -1.17. The van der Waals surface area contributed by atoms with Gasteiger partial charge in [-0.25, -0.2) is 4.98 Å². The van der Waals surface area contributed by atoms with E-state index in [9.17, 15) is 5.11 Å². The summed E-state index contributed by atoms with van der Waals surface area (Å²) in [5.41, 5.74) is 9.45. The lowest BCUT2D eigenvalue weighted by atomic mass is 10.0. The third-order valence-corrected chi connectivity index (χ3v) is 3.13. The minimum atomic E-state index is -0.688. The third-order valence-electron chi connectivity index (χ3n) is 2.52. The van der Waals surface area contributed by atoms with Crippen LogP contribution in [-0.4, -0.2) is 20.7 Å². The van der Waals surface area contributed by atoms with Gasteiger partial charge in [0.05, 0.1) is 11.2 Å². The molecule has 16 heavy (non-hydrogen) atoms. The first-order valence-corrected chi connectivity index (χ1v) is 6.03. The van der Waals surface area contributed by atoms with Crippen molar-refractivity contribution in [2.75, 3.05) is 0 Å². The number of nitrogens with two attached hydrogens (primary N) is 1. The zero-order valence-corrected chi connectivity index (χ0v) is 9.89. The van der Waals surface area contributed by atoms with Gasteiger partial charge in [0.1, 0.15) is 6.10 Å². The van der Waals surface area contributed by atoms with Crippen molar-refractivity contribution in [3.63, 3.8) is 0 Å². The van der Waals surface area contributed by atoms with Gasteiger partial charge >= 0.3 is 0 Å². The van der Waals surface area contributed by atoms with Crippen LogP contribution < -0.4 is 5.73 Å². The summed E-state index contributed by atoms with van der Waals surface area (Å²) in [5, 5.41) is 11.8. The molecule has 0 saturated heterocycles. The highest BCUT2D eigenvalue weighted by Gasteiger charge is 2.19. The van der Waals surface area contributed by atoms with E-state index in [4.69, 9.17) is 5.73 Å². The molecule has 2 aromatic rings. The van der Waals surface area contributed by atoms with Crippen molar-refractivity contribution in [1.29, 1.82) is 0 Å². The Morgan fingerprint density at radius 1 is 1.62 bits per heavy atom. The summed E-state index contributed by atoms with van der Waals surface area (Å²) in [6.07, 6.45) is 3.94. The van der Waals surface area contributed by atoms with Crippen LogP contribution in [0.3, 0.4) is 0 Å². The van der Waals surface area contributed by atoms with E-state index in [0.717, 1.165) is 5.56 Å². The molecule has 2 heterocycles. The molecule has 2 aromatic heterocycles. The zero-order valence-electron chi connectivity index (χ0n) is 9.08. The molecule has 0 aliphatic carbocycles. The Bertz CT molecular complexity index is 438. The molecule has 2 atom stereocenters. The fraction of sp³-hybridized carbons (Fsp3) is 0.364. The number of aryl methyl sites for hydroxylation is 1. The van der Waals surface area contributed by atoms with Crippen molar-refractivity contribution in [2.24, 2.45) is 12.8 Å². The lowest BCUT2D eigenvalue weighted by Crippen LogP contribution is -2.30. The lowest BCUT2D eigenvalue weighted by molar-refractivity contribution is 0.142. The highest BCUT2D eigenvalue weighted by Crippen LogP contribution is 2.18. The average molecular weight is 237 g/mol. The lowest BCUT2D eigenvalue weighted by Gasteiger charge is -2.16. The number of thiazole rings is 1. The van der Waals surface area contributed by atoms with E-state index < -0.39 is 6.10 Å². The molecular weight excluding hydrogens is 222 g/mol. The molecule has 2 unspecified atom stereocenters. The predicted molar refractivity (Wildman–Crippen MR) is 64.2 cm³/mol. The van der Waals surface area contributed by atoms with Crippen LogP contribution in [0, 0.1) is 0 Å². The van der Waals surface area contributed by atoms with Crippen LogP contribution in [0.25, 0.3) is 0 Å². The molecule has 4 nitrogen and oxygen atoms in total. The molecule has 0 radical (unpaired) electrons. The van der Waals surface area contributed by atoms with Crippen molar-refractivity contribution in [2.45, 2.75) is 18.6 Å². The quantitative estimate of drug-likeness (QED) is 0.836. The smallest absolute Gasteiger partial charge is 0.112 e. The summed E-state index contributed by atoms with van der Waals surface area (Å²) in [5.74, 6) is 0. The van der Waals surface area contributed by atoms with E-state index in [2.05, 4.69) is 4.98 Å². The summed E-state index contributed by atoms with van der Waals surface area (Å²) < 4.78 is 1.97. The molecule has 0 aliphatic heterocycles. The number of aliphatic hydroxyl groups is 1. The van der Waals surface area contributed by atoms with E-state index in [1.165, 1.54) is 11.3 Å². The van der Waals surface area contributed by atoms with Crippen LogP contribution in [-0.2, 0) is 13.5 Å². The standard InChI is InChI=1S/C11H15N3OS/c1-14-3-2-8(5-14)4-9(12)11(15)10-6-16-7-13-10/h2-3,5-7,9,11,15H,4,12H2,1H3. The van der Waals surface area contributed by atoms with Gasteiger partial charge < -0.3 is 15.4 Å². The summed E-state index contributed by atoms with van der Waals surface area (Å²) in [4.78, 5) is 4.07. The van der Waals surface area contributed by atoms with Crippen molar-refractivity contribution in [1.82, 2.24) is 9.55 Å². The van der Waals surface area contributed by atoms with Gasteiger partial charge in [-0.05, 0) is 18.1 Å². The van der Waals surface area contributed by atoms with E-state index in [1.807, 2.05) is 35.5 Å². The fourth-order valence-corrected chi connectivity index (χ4v) is 2.24. The van der Waals surface area contributed by atoms with Crippen LogP contribution in [0.4, 0.5) is 0 Å². The average Bonchev–Trinajstić information content (AvgIpc) is 2.88. The van der Waals surface area contributed by atoms with E-state index in [0.29, 0.717) is 12.1 Å². The van der Waals surface area contributed by atoms with Gasteiger partial charge in [-0.15, -0.1) is 11.3 Å². The molecule has 0 fully saturated rings. The molecule has 5 heteroatoms. The molecule has 0 aliphatic rings. The highest BCUT2D eigenvalue weighted by molar-refractivity contribution is 7.07. The second-order valence-corrected chi connectivity index (χ2v) is 4.63. The SMILES string of the molecule is Cn1ccc(CC(N)C(O)c2cscn2)c1. The molecular formula is C11H15N3OS. The van der Waals surface area contributed by atoms with Crippen molar-refractivity contribution in [3.05, 3.63) is 40.6 Å². The first-order valence-electron chi connectivity index (χ1n) is 5.09. The molecule has 0 aromatic carbocycles. The Labute approximate surface area is 98.4 Å². The summed E-state index contributed by atoms with van der Waals surface area (Å²) >= 11 is 1.46. The van der Waals surface area contributed by atoms with Crippen molar-refractivity contribution in [3.8, 4) is 0 Å². The van der Waals surface area contributed by atoms with Gasteiger partial charge in [0.2, 0.25) is 0 Å². The van der Waals surface area contributed by atoms with Crippen molar-refractivity contribution >= 4 is 11.3 Å². The van der Waals surface area contributed by atoms with E-state index >= 15 is 0 Å². The number of nitrogens with zero attached hydrogens (tertiary/aromatic N) is 2. The predicted octanol–water partition coefficient (Wildman–Crippen LogP) is 1.09. The van der Waals surface area contributed by atoms with Gasteiger partial charge in [0.25, 0.3) is 0 Å². The maximum absolute atomic E-state index is 9.96. The normalized spacial score (nSPS) is 14.9. The second-order valence-electron chi connectivity index (χ2n) is 3.91.